The first kappa shape index (κ1) is 22.1. The average Bonchev–Trinajstić information content (AvgIpc) is 2.64. The summed E-state index contributed by atoms with van der Waals surface area (Å²) in [6.45, 7) is 5.50. The number of rotatable bonds is 8. The Balaban J connectivity index is 1.93. The Morgan fingerprint density at radius 1 is 1.25 bits per heavy atom. The van der Waals surface area contributed by atoms with Gasteiger partial charge in [-0.1, -0.05) is 13.8 Å². The summed E-state index contributed by atoms with van der Waals surface area (Å²) in [6, 6.07) is 2.91. The first-order valence-electron chi connectivity index (χ1n) is 8.90. The molecule has 0 bridgehead atoms. The zero-order valence-electron chi connectivity index (χ0n) is 15.8. The van der Waals surface area contributed by atoms with Crippen LogP contribution in [0.25, 0.3) is 0 Å². The Hall–Kier alpha value is -2.15. The van der Waals surface area contributed by atoms with Crippen molar-refractivity contribution in [2.75, 3.05) is 51.1 Å². The molecule has 156 valence electrons. The van der Waals surface area contributed by atoms with Crippen molar-refractivity contribution in [1.29, 1.82) is 0 Å². The van der Waals surface area contributed by atoms with Crippen molar-refractivity contribution in [2.24, 2.45) is 0 Å². The minimum atomic E-state index is -3.51. The van der Waals surface area contributed by atoms with Gasteiger partial charge in [-0.3, -0.25) is 19.8 Å². The molecule has 12 heteroatoms. The van der Waals surface area contributed by atoms with E-state index >= 15 is 0 Å². The lowest BCUT2D eigenvalue weighted by Gasteiger charge is -2.35. The van der Waals surface area contributed by atoms with Gasteiger partial charge in [0.05, 0.1) is 17.5 Å². The van der Waals surface area contributed by atoms with Crippen molar-refractivity contribution in [3.05, 3.63) is 34.1 Å². The SMILES string of the molecule is CCN(CC)S(=O)(=O)N1CCN(CC(=O)Nc2ccc(F)cc2[N+](=O)[O-])CC1. The van der Waals surface area contributed by atoms with Crippen molar-refractivity contribution < 1.29 is 22.5 Å². The van der Waals surface area contributed by atoms with E-state index in [1.165, 1.54) is 8.61 Å². The smallest absolute Gasteiger partial charge is 0.295 e. The third kappa shape index (κ3) is 5.22. The third-order valence-electron chi connectivity index (χ3n) is 4.49. The van der Waals surface area contributed by atoms with Crippen molar-refractivity contribution >= 4 is 27.5 Å². The minimum Gasteiger partial charge on any atom is -0.319 e. The van der Waals surface area contributed by atoms with Gasteiger partial charge in [-0.15, -0.1) is 0 Å². The van der Waals surface area contributed by atoms with Crippen LogP contribution in [0.4, 0.5) is 15.8 Å². The number of nitrogens with zero attached hydrogens (tertiary/aromatic N) is 4. The fraction of sp³-hybridized carbons (Fsp3) is 0.562. The molecule has 0 aromatic heterocycles. The number of benzene rings is 1. The number of carbonyl (C=O) groups excluding carboxylic acids is 1. The molecule has 0 atom stereocenters. The molecule has 1 fully saturated rings. The standard InChI is InChI=1S/C16H24FN5O5S/c1-3-20(4-2)28(26,27)21-9-7-19(8-10-21)12-16(23)18-14-6-5-13(17)11-15(14)22(24)25/h5-6,11H,3-4,7-10,12H2,1-2H3,(H,18,23). The maximum absolute atomic E-state index is 13.2. The van der Waals surface area contributed by atoms with Gasteiger partial charge in [-0.25, -0.2) is 4.39 Å². The number of nitro benzene ring substituents is 1. The number of amides is 1. The van der Waals surface area contributed by atoms with Crippen LogP contribution in [0.3, 0.4) is 0 Å². The second-order valence-corrected chi connectivity index (χ2v) is 8.16. The first-order valence-corrected chi connectivity index (χ1v) is 10.3. The summed E-state index contributed by atoms with van der Waals surface area (Å²) < 4.78 is 41.0. The maximum Gasteiger partial charge on any atom is 0.295 e. The van der Waals surface area contributed by atoms with Crippen molar-refractivity contribution in [1.82, 2.24) is 13.5 Å². The van der Waals surface area contributed by atoms with Crippen LogP contribution in [0.2, 0.25) is 0 Å². The summed E-state index contributed by atoms with van der Waals surface area (Å²) in [5.74, 6) is -1.26. The molecule has 0 unspecified atom stereocenters. The highest BCUT2D eigenvalue weighted by Crippen LogP contribution is 2.25. The van der Waals surface area contributed by atoms with E-state index in [0.717, 1.165) is 18.2 Å². The van der Waals surface area contributed by atoms with E-state index in [1.54, 1.807) is 18.7 Å². The number of hydrogen-bond acceptors (Lipinski definition) is 6. The normalized spacial score (nSPS) is 16.3. The zero-order chi connectivity index (χ0) is 20.9. The number of hydrogen-bond donors (Lipinski definition) is 1. The van der Waals surface area contributed by atoms with Crippen LogP contribution in [0, 0.1) is 15.9 Å². The molecule has 0 saturated carbocycles. The lowest BCUT2D eigenvalue weighted by molar-refractivity contribution is -0.384. The van der Waals surface area contributed by atoms with Crippen LogP contribution in [0.1, 0.15) is 13.8 Å². The van der Waals surface area contributed by atoms with Crippen LogP contribution >= 0.6 is 0 Å². The Kier molecular flexibility index (Phi) is 7.41. The van der Waals surface area contributed by atoms with Gasteiger partial charge in [-0.05, 0) is 12.1 Å². The molecule has 1 amide bonds. The van der Waals surface area contributed by atoms with Gasteiger partial charge in [0.1, 0.15) is 11.5 Å². The van der Waals surface area contributed by atoms with E-state index in [2.05, 4.69) is 5.32 Å². The minimum absolute atomic E-state index is 0.0479. The highest BCUT2D eigenvalue weighted by molar-refractivity contribution is 7.86. The molecule has 1 heterocycles. The number of halogens is 1. The number of anilines is 1. The zero-order valence-corrected chi connectivity index (χ0v) is 16.6. The fourth-order valence-corrected chi connectivity index (χ4v) is 4.59. The summed E-state index contributed by atoms with van der Waals surface area (Å²) in [5, 5.41) is 13.4. The number of nitrogens with one attached hydrogen (secondary N) is 1. The molecular formula is C16H24FN5O5S. The van der Waals surface area contributed by atoms with Crippen LogP contribution in [0.15, 0.2) is 18.2 Å². The average molecular weight is 417 g/mol. The molecule has 1 aliphatic heterocycles. The fourth-order valence-electron chi connectivity index (χ4n) is 2.99. The summed E-state index contributed by atoms with van der Waals surface area (Å²) in [7, 11) is -3.51. The molecule has 28 heavy (non-hydrogen) atoms. The molecule has 1 aromatic rings. The summed E-state index contributed by atoms with van der Waals surface area (Å²) in [5.41, 5.74) is -0.609. The van der Waals surface area contributed by atoms with Gasteiger partial charge in [0.25, 0.3) is 15.9 Å². The topological polar surface area (TPSA) is 116 Å². The van der Waals surface area contributed by atoms with E-state index in [1.807, 2.05) is 0 Å². The van der Waals surface area contributed by atoms with E-state index in [9.17, 15) is 27.7 Å². The largest absolute Gasteiger partial charge is 0.319 e. The van der Waals surface area contributed by atoms with Gasteiger partial charge < -0.3 is 5.32 Å². The van der Waals surface area contributed by atoms with Crippen LogP contribution in [-0.2, 0) is 15.0 Å². The summed E-state index contributed by atoms with van der Waals surface area (Å²) in [4.78, 5) is 24.2. The molecule has 1 aromatic carbocycles. The lowest BCUT2D eigenvalue weighted by atomic mass is 10.2. The van der Waals surface area contributed by atoms with Crippen molar-refractivity contribution in [3.63, 3.8) is 0 Å². The highest BCUT2D eigenvalue weighted by atomic mass is 32.2. The molecule has 1 saturated heterocycles. The second-order valence-electron chi connectivity index (χ2n) is 6.23. The maximum atomic E-state index is 13.2. The van der Waals surface area contributed by atoms with Crippen molar-refractivity contribution in [2.45, 2.75) is 13.8 Å². The van der Waals surface area contributed by atoms with E-state index in [4.69, 9.17) is 0 Å². The molecule has 0 spiro atoms. The van der Waals surface area contributed by atoms with Gasteiger partial charge in [0, 0.05) is 39.3 Å². The third-order valence-corrected chi connectivity index (χ3v) is 6.67. The number of nitro groups is 1. The Morgan fingerprint density at radius 3 is 2.39 bits per heavy atom. The predicted molar refractivity (Wildman–Crippen MR) is 102 cm³/mol. The predicted octanol–water partition coefficient (Wildman–Crippen LogP) is 0.877. The van der Waals surface area contributed by atoms with Crippen LogP contribution < -0.4 is 5.32 Å². The molecule has 1 N–H and O–H groups in total. The molecule has 10 nitrogen and oxygen atoms in total. The van der Waals surface area contributed by atoms with E-state index < -0.39 is 32.5 Å². The molecular weight excluding hydrogens is 393 g/mol. The molecule has 2 rings (SSSR count). The summed E-state index contributed by atoms with van der Waals surface area (Å²) >= 11 is 0. The van der Waals surface area contributed by atoms with Gasteiger partial charge >= 0.3 is 0 Å². The highest BCUT2D eigenvalue weighted by Gasteiger charge is 2.31. The van der Waals surface area contributed by atoms with Crippen LogP contribution in [-0.4, -0.2) is 78.6 Å². The second kappa shape index (κ2) is 9.37. The summed E-state index contributed by atoms with van der Waals surface area (Å²) in [6.07, 6.45) is 0. The van der Waals surface area contributed by atoms with Gasteiger partial charge in [0.15, 0.2) is 0 Å². The first-order chi connectivity index (χ1) is 13.2. The van der Waals surface area contributed by atoms with Gasteiger partial charge in [-0.2, -0.15) is 17.0 Å². The molecule has 0 radical (unpaired) electrons. The Bertz CT molecular complexity index is 823. The van der Waals surface area contributed by atoms with Crippen LogP contribution in [0.5, 0.6) is 0 Å². The quantitative estimate of drug-likeness (QED) is 0.496. The molecule has 0 aliphatic carbocycles. The Labute approximate surface area is 163 Å². The van der Waals surface area contributed by atoms with E-state index in [0.29, 0.717) is 26.2 Å². The van der Waals surface area contributed by atoms with Crippen molar-refractivity contribution in [3.8, 4) is 0 Å². The van der Waals surface area contributed by atoms with Gasteiger partial charge in [0.2, 0.25) is 5.91 Å². The number of piperazine rings is 1. The molecule has 1 aliphatic rings. The Morgan fingerprint density at radius 2 is 1.86 bits per heavy atom. The monoisotopic (exact) mass is 417 g/mol. The lowest BCUT2D eigenvalue weighted by Crippen LogP contribution is -2.54. The number of carbonyl (C=O) groups is 1. The van der Waals surface area contributed by atoms with E-state index in [-0.39, 0.29) is 25.3 Å².